The number of aromatic amines is 2. The van der Waals surface area contributed by atoms with E-state index in [1.165, 1.54) is 18.2 Å². The van der Waals surface area contributed by atoms with E-state index in [1.807, 2.05) is 24.3 Å². The highest BCUT2D eigenvalue weighted by Gasteiger charge is 2.31. The van der Waals surface area contributed by atoms with Crippen molar-refractivity contribution >= 4 is 45.8 Å². The molecule has 0 radical (unpaired) electrons. The topological polar surface area (TPSA) is 126 Å². The van der Waals surface area contributed by atoms with Crippen LogP contribution in [0.1, 0.15) is 29.6 Å². The Morgan fingerprint density at radius 2 is 1.93 bits per heavy atom. The van der Waals surface area contributed by atoms with Crippen molar-refractivity contribution in [3.05, 3.63) is 60.0 Å². The summed E-state index contributed by atoms with van der Waals surface area (Å²) >= 11 is 0. The summed E-state index contributed by atoms with van der Waals surface area (Å²) < 4.78 is 33.4. The van der Waals surface area contributed by atoms with Crippen molar-refractivity contribution < 1.29 is 23.3 Å². The number of nitrogens with one attached hydrogen (secondary N) is 4. The minimum Gasteiger partial charge on any atom is -0.493 e. The Morgan fingerprint density at radius 3 is 2.66 bits per heavy atom. The molecule has 2 aromatic heterocycles. The van der Waals surface area contributed by atoms with Crippen LogP contribution >= 0.6 is 0 Å². The molecule has 0 aliphatic carbocycles. The zero-order valence-electron chi connectivity index (χ0n) is 22.7. The number of benzene rings is 2. The first-order chi connectivity index (χ1) is 19.9. The fourth-order valence-electron chi connectivity index (χ4n) is 5.78. The van der Waals surface area contributed by atoms with E-state index >= 15 is 0 Å². The molecule has 0 saturated carbocycles. The van der Waals surface area contributed by atoms with E-state index < -0.39 is 17.9 Å². The van der Waals surface area contributed by atoms with Gasteiger partial charge >= 0.3 is 5.95 Å². The molecule has 41 heavy (non-hydrogen) atoms. The molecular formula is C29H33F2N8O2+. The van der Waals surface area contributed by atoms with E-state index in [9.17, 15) is 13.6 Å². The van der Waals surface area contributed by atoms with Crippen molar-refractivity contribution in [1.82, 2.24) is 14.9 Å². The third-order valence-electron chi connectivity index (χ3n) is 7.92. The summed E-state index contributed by atoms with van der Waals surface area (Å²) in [5, 5.41) is 7.05. The van der Waals surface area contributed by atoms with Crippen molar-refractivity contribution in [1.29, 1.82) is 0 Å². The van der Waals surface area contributed by atoms with Gasteiger partial charge in [-0.15, -0.1) is 0 Å². The van der Waals surface area contributed by atoms with E-state index in [0.29, 0.717) is 53.2 Å². The van der Waals surface area contributed by atoms with Gasteiger partial charge in [-0.05, 0) is 55.7 Å². The third-order valence-corrected chi connectivity index (χ3v) is 7.92. The van der Waals surface area contributed by atoms with Crippen molar-refractivity contribution in [2.45, 2.75) is 31.5 Å². The number of primary amides is 1. The number of nitrogens with zero attached hydrogens (tertiary/aromatic N) is 3. The van der Waals surface area contributed by atoms with Crippen LogP contribution in [0.5, 0.6) is 5.75 Å². The maximum absolute atomic E-state index is 14.0. The van der Waals surface area contributed by atoms with E-state index in [2.05, 4.69) is 35.4 Å². The predicted molar refractivity (Wildman–Crippen MR) is 153 cm³/mol. The molecule has 0 unspecified atom stereocenters. The number of carbonyl (C=O) groups is 1. The zero-order valence-corrected chi connectivity index (χ0v) is 22.7. The van der Waals surface area contributed by atoms with Gasteiger partial charge in [0.2, 0.25) is 11.5 Å². The highest BCUT2D eigenvalue weighted by molar-refractivity contribution is 6.00. The molecule has 6 rings (SSSR count). The molecule has 214 valence electrons. The number of H-pyrrole nitrogens is 2. The number of methoxy groups -OCH3 is 1. The normalized spacial score (nSPS) is 18.1. The molecule has 0 spiro atoms. The Hall–Kier alpha value is -4.45. The number of fused-ring (bicyclic) bond motifs is 1. The summed E-state index contributed by atoms with van der Waals surface area (Å²) in [5.41, 5.74) is 8.28. The van der Waals surface area contributed by atoms with E-state index in [-0.39, 0.29) is 11.3 Å². The van der Waals surface area contributed by atoms with Gasteiger partial charge in [-0.1, -0.05) is 4.98 Å². The van der Waals surface area contributed by atoms with Gasteiger partial charge in [0.15, 0.2) is 5.75 Å². The van der Waals surface area contributed by atoms with Crippen molar-refractivity contribution in [3.8, 4) is 5.75 Å². The van der Waals surface area contributed by atoms with Crippen LogP contribution in [0.3, 0.4) is 0 Å². The number of anilines is 5. The fourth-order valence-corrected chi connectivity index (χ4v) is 5.78. The molecule has 4 heterocycles. The number of hydrogen-bond donors (Lipinski definition) is 4. The first kappa shape index (κ1) is 26.8. The van der Waals surface area contributed by atoms with Crippen LogP contribution in [0, 0.1) is 5.82 Å². The number of amides is 1. The smallest absolute Gasteiger partial charge is 0.351 e. The van der Waals surface area contributed by atoms with Gasteiger partial charge in [0.05, 0.1) is 23.7 Å². The van der Waals surface area contributed by atoms with Gasteiger partial charge in [0.1, 0.15) is 17.7 Å². The maximum atomic E-state index is 14.0. The molecule has 2 fully saturated rings. The molecule has 10 nitrogen and oxygen atoms in total. The Balaban J connectivity index is 1.21. The number of halogens is 2. The van der Waals surface area contributed by atoms with Crippen LogP contribution in [0.2, 0.25) is 0 Å². The molecule has 2 aliphatic heterocycles. The van der Waals surface area contributed by atoms with Gasteiger partial charge in [-0.25, -0.2) is 13.8 Å². The largest absolute Gasteiger partial charge is 0.493 e. The summed E-state index contributed by atoms with van der Waals surface area (Å²) in [7, 11) is 1.62. The average molecular weight is 564 g/mol. The third kappa shape index (κ3) is 5.60. The number of alkyl halides is 1. The van der Waals surface area contributed by atoms with E-state index in [0.717, 1.165) is 38.2 Å². The highest BCUT2D eigenvalue weighted by Crippen LogP contribution is 2.34. The van der Waals surface area contributed by atoms with Crippen LogP contribution < -0.4 is 31.0 Å². The number of aromatic nitrogens is 3. The van der Waals surface area contributed by atoms with Gasteiger partial charge in [0.25, 0.3) is 5.91 Å². The first-order valence-electron chi connectivity index (χ1n) is 13.7. The summed E-state index contributed by atoms with van der Waals surface area (Å²) in [6, 6.07) is 11.9. The molecule has 4 aromatic rings. The van der Waals surface area contributed by atoms with Crippen LogP contribution in [-0.4, -0.2) is 66.3 Å². The first-order valence-corrected chi connectivity index (χ1v) is 13.7. The monoisotopic (exact) mass is 563 g/mol. The lowest BCUT2D eigenvalue weighted by Gasteiger charge is -2.37. The van der Waals surface area contributed by atoms with Crippen LogP contribution in [-0.2, 0) is 0 Å². The SMILES string of the molecule is COc1cc(N2CCC(N3CC[C@H](F)C3)CC2)ccc1Nc1nc(Nc2cc(F)ccc2C(N)=O)c2cc[nH]c2[nH+]1. The number of ether oxygens (including phenoxy) is 1. The quantitative estimate of drug-likeness (QED) is 0.254. The fraction of sp³-hybridized carbons (Fsp3) is 0.345. The number of carbonyl (C=O) groups excluding carboxylic acids is 1. The molecule has 0 bridgehead atoms. The summed E-state index contributed by atoms with van der Waals surface area (Å²) in [4.78, 5) is 27.6. The van der Waals surface area contributed by atoms with Gasteiger partial charge < -0.3 is 20.7 Å². The molecule has 2 saturated heterocycles. The van der Waals surface area contributed by atoms with Crippen LogP contribution in [0.4, 0.5) is 37.6 Å². The van der Waals surface area contributed by atoms with Gasteiger partial charge in [-0.2, -0.15) is 0 Å². The minimum atomic E-state index is -0.692. The van der Waals surface area contributed by atoms with Crippen LogP contribution in [0.25, 0.3) is 11.0 Å². The molecule has 2 aromatic carbocycles. The molecule has 6 N–H and O–H groups in total. The van der Waals surface area contributed by atoms with Crippen molar-refractivity contribution in [2.75, 3.05) is 48.8 Å². The molecule has 1 amide bonds. The molecular weight excluding hydrogens is 530 g/mol. The second kappa shape index (κ2) is 11.2. The summed E-state index contributed by atoms with van der Waals surface area (Å²) in [6.07, 6.45) is 3.70. The number of rotatable bonds is 8. The summed E-state index contributed by atoms with van der Waals surface area (Å²) in [6.45, 7) is 3.21. The number of nitrogens with two attached hydrogens (primary N) is 1. The lowest BCUT2D eigenvalue weighted by molar-refractivity contribution is -0.333. The van der Waals surface area contributed by atoms with E-state index in [1.54, 1.807) is 13.3 Å². The van der Waals surface area contributed by atoms with Crippen molar-refractivity contribution in [2.24, 2.45) is 5.73 Å². The Morgan fingerprint density at radius 1 is 1.10 bits per heavy atom. The second-order valence-electron chi connectivity index (χ2n) is 10.5. The number of hydrogen-bond acceptors (Lipinski definition) is 7. The molecule has 12 heteroatoms. The minimum absolute atomic E-state index is 0.146. The molecule has 1 atom stereocenters. The number of likely N-dealkylation sites (tertiary alicyclic amines) is 1. The maximum Gasteiger partial charge on any atom is 0.351 e. The van der Waals surface area contributed by atoms with Gasteiger partial charge in [-0.3, -0.25) is 20.0 Å². The number of piperidine rings is 1. The summed E-state index contributed by atoms with van der Waals surface area (Å²) in [5.74, 6) is 0.232. The lowest BCUT2D eigenvalue weighted by atomic mass is 10.0. The Bertz CT molecular complexity index is 1570. The second-order valence-corrected chi connectivity index (χ2v) is 10.5. The van der Waals surface area contributed by atoms with Crippen molar-refractivity contribution in [3.63, 3.8) is 0 Å². The predicted octanol–water partition coefficient (Wildman–Crippen LogP) is 4.12. The Kier molecular flexibility index (Phi) is 7.31. The standard InChI is InChI=1S/C29H32F2N8O2/c1-41-25-15-20(38-12-8-19(9-13-38)39-11-7-18(31)16-39)3-5-23(25)35-29-36-27-22(6-10-33-27)28(37-29)34-24-14-17(30)2-4-21(24)26(32)40/h2-6,10,14-15,18-19H,7-9,11-13,16H2,1H3,(H2,32,40)(H3,33,34,35,36,37)/p+1/t18-/m0/s1. The highest BCUT2D eigenvalue weighted by atomic mass is 19.1. The van der Waals surface area contributed by atoms with Gasteiger partial charge in [0, 0.05) is 50.2 Å². The Labute approximate surface area is 235 Å². The van der Waals surface area contributed by atoms with Crippen LogP contribution in [0.15, 0.2) is 48.7 Å². The zero-order chi connectivity index (χ0) is 28.5. The lowest BCUT2D eigenvalue weighted by Crippen LogP contribution is -2.44. The van der Waals surface area contributed by atoms with E-state index in [4.69, 9.17) is 10.5 Å². The molecule has 2 aliphatic rings. The average Bonchev–Trinajstić information content (AvgIpc) is 3.62.